The molecule has 1 aliphatic rings. The summed E-state index contributed by atoms with van der Waals surface area (Å²) in [6.07, 6.45) is 1.53. The van der Waals surface area contributed by atoms with Crippen LogP contribution >= 0.6 is 0 Å². The van der Waals surface area contributed by atoms with Gasteiger partial charge in [-0.1, -0.05) is 11.2 Å². The molecule has 16 nitrogen and oxygen atoms in total. The van der Waals surface area contributed by atoms with E-state index >= 15 is 0 Å². The summed E-state index contributed by atoms with van der Waals surface area (Å²) >= 11 is 0. The molecule has 2 aromatic heterocycles. The van der Waals surface area contributed by atoms with Crippen molar-refractivity contribution in [2.45, 2.75) is 25.2 Å². The van der Waals surface area contributed by atoms with Gasteiger partial charge in [0, 0.05) is 19.0 Å². The molecule has 17 heteroatoms. The first-order valence-electron chi connectivity index (χ1n) is 12.7. The summed E-state index contributed by atoms with van der Waals surface area (Å²) in [6, 6.07) is 6.31. The van der Waals surface area contributed by atoms with Crippen LogP contribution in [0.15, 0.2) is 28.8 Å². The number of hydrogen-bond acceptors (Lipinski definition) is 13. The second-order valence-corrected chi connectivity index (χ2v) is 9.95. The van der Waals surface area contributed by atoms with E-state index in [9.17, 15) is 24.6 Å². The number of aliphatic hydroxyl groups is 2. The van der Waals surface area contributed by atoms with E-state index in [1.165, 1.54) is 18.1 Å². The van der Waals surface area contributed by atoms with E-state index in [0.29, 0.717) is 11.3 Å². The maximum Gasteiger partial charge on any atom is 0.277 e. The Hall–Kier alpha value is -4.61. The van der Waals surface area contributed by atoms with Crippen LogP contribution in [0.5, 0.6) is 5.75 Å². The minimum absolute atomic E-state index is 0.0283. The first-order chi connectivity index (χ1) is 19.8. The Morgan fingerprint density at radius 1 is 1.17 bits per heavy atom. The number of nitrogens with zero attached hydrogens (tertiary/aromatic N) is 6. The van der Waals surface area contributed by atoms with Crippen molar-refractivity contribution in [1.29, 1.82) is 0 Å². The highest BCUT2D eigenvalue weighted by Gasteiger charge is 2.30. The Morgan fingerprint density at radius 3 is 2.55 bits per heavy atom. The predicted octanol–water partition coefficient (Wildman–Crippen LogP) is -0.358. The maximum absolute atomic E-state index is 12.7. The smallest absolute Gasteiger partial charge is 0.277 e. The number of carbonyl (C=O) groups excluding carboxylic acids is 3. The van der Waals surface area contributed by atoms with Gasteiger partial charge in [0.2, 0.25) is 11.8 Å². The van der Waals surface area contributed by atoms with Gasteiger partial charge in [0.15, 0.2) is 36.7 Å². The second kappa shape index (κ2) is 12.5. The van der Waals surface area contributed by atoms with Gasteiger partial charge in [0.25, 0.3) is 11.8 Å². The molecule has 220 valence electrons. The Morgan fingerprint density at radius 2 is 1.90 bits per heavy atom. The molecule has 3 aromatic rings. The molecule has 1 saturated carbocycles. The molecule has 1 aromatic carbocycles. The Balaban J connectivity index is 1.63. The monoisotopic (exact) mass is 579 g/mol. The van der Waals surface area contributed by atoms with Crippen LogP contribution in [0, 0.1) is 5.92 Å². The van der Waals surface area contributed by atoms with Crippen molar-refractivity contribution in [2.24, 2.45) is 5.92 Å². The molecule has 0 bridgehead atoms. The predicted molar refractivity (Wildman–Crippen MR) is 148 cm³/mol. The minimum atomic E-state index is -3.02. The zero-order chi connectivity index (χ0) is 30.6. The molecule has 3 amide bonds. The first kappa shape index (κ1) is 30.4. The van der Waals surface area contributed by atoms with E-state index in [1.807, 2.05) is 0 Å². The van der Waals surface area contributed by atoms with Gasteiger partial charge in [0.1, 0.15) is 0 Å². The number of ether oxygens (including phenoxy) is 1. The molecule has 4 rings (SSSR count). The Labute approximate surface area is 241 Å². The van der Waals surface area contributed by atoms with Crippen LogP contribution in [0.4, 0.5) is 17.2 Å². The van der Waals surface area contributed by atoms with Crippen LogP contribution in [0.1, 0.15) is 29.2 Å². The molecular weight excluding hydrogens is 549 g/mol. The largest absolute Gasteiger partial charge is 0.494 e. The standard InChI is InChI=1S/C25H30BN9O7/c1-34(2)12-19(36)35(3)11-18-29-24(42-33-18)14-6-5-7-15(21(14)41-4)27-16-10-17(28-22(37)13-8-9-13)31-32-20(16)23(38)30-25(26,39)40/h5-7,10,13,39-40H,8-9,11-12H2,1-4H3,(H,30,38)(H2,27,28,31,37). The summed E-state index contributed by atoms with van der Waals surface area (Å²) < 4.78 is 11.1. The van der Waals surface area contributed by atoms with Gasteiger partial charge in [-0.3, -0.25) is 14.4 Å². The van der Waals surface area contributed by atoms with E-state index < -0.39 is 11.7 Å². The molecule has 0 saturated heterocycles. The molecule has 1 aliphatic carbocycles. The van der Waals surface area contributed by atoms with Gasteiger partial charge in [-0.25, -0.2) is 0 Å². The summed E-state index contributed by atoms with van der Waals surface area (Å²) in [7, 11) is 11.7. The number of likely N-dealkylation sites (N-methyl/N-ethyl adjacent to an activating group) is 2. The molecule has 1 fully saturated rings. The van der Waals surface area contributed by atoms with Crippen LogP contribution < -0.4 is 20.7 Å². The van der Waals surface area contributed by atoms with E-state index in [2.05, 4.69) is 31.0 Å². The molecule has 0 spiro atoms. The molecule has 0 unspecified atom stereocenters. The number of aromatic nitrogens is 4. The topological polar surface area (TPSA) is 208 Å². The minimum Gasteiger partial charge on any atom is -0.494 e. The van der Waals surface area contributed by atoms with Crippen molar-refractivity contribution in [2.75, 3.05) is 45.4 Å². The molecular formula is C25H30BN9O7. The van der Waals surface area contributed by atoms with Crippen molar-refractivity contribution in [1.82, 2.24) is 35.5 Å². The van der Waals surface area contributed by atoms with E-state index in [1.54, 1.807) is 49.6 Å². The van der Waals surface area contributed by atoms with Crippen LogP contribution in [0.3, 0.4) is 0 Å². The van der Waals surface area contributed by atoms with E-state index in [0.717, 1.165) is 12.8 Å². The molecule has 2 heterocycles. The molecule has 2 radical (unpaired) electrons. The lowest BCUT2D eigenvalue weighted by molar-refractivity contribution is -0.131. The van der Waals surface area contributed by atoms with Crippen molar-refractivity contribution in [3.8, 4) is 17.2 Å². The fourth-order valence-corrected chi connectivity index (χ4v) is 3.80. The van der Waals surface area contributed by atoms with Crippen LogP contribution in [0.2, 0.25) is 0 Å². The lowest BCUT2D eigenvalue weighted by atomic mass is 10.0. The summed E-state index contributed by atoms with van der Waals surface area (Å²) in [5.74, 6) is -3.88. The third kappa shape index (κ3) is 7.77. The van der Waals surface area contributed by atoms with Crippen molar-refractivity contribution >= 4 is 42.8 Å². The summed E-state index contributed by atoms with van der Waals surface area (Å²) in [6.45, 7) is 0.340. The quantitative estimate of drug-likeness (QED) is 0.137. The number of carbonyl (C=O) groups is 3. The SMILES string of the molecule is [B]C(O)(O)NC(=O)c1nnc(NC(=O)C2CC2)cc1Nc1cccc(-c2nc(CN(C)C(=O)CN(C)C)no2)c1OC. The number of amides is 3. The summed E-state index contributed by atoms with van der Waals surface area (Å²) in [5.41, 5.74) is 0.378. The first-order valence-corrected chi connectivity index (χ1v) is 12.7. The Bertz CT molecular complexity index is 1470. The second-order valence-electron chi connectivity index (χ2n) is 9.95. The van der Waals surface area contributed by atoms with Crippen molar-refractivity contribution < 1.29 is 33.9 Å². The van der Waals surface area contributed by atoms with Gasteiger partial charge >= 0.3 is 0 Å². The number of hydrogen-bond donors (Lipinski definition) is 5. The fraction of sp³-hybridized carbons (Fsp3) is 0.400. The summed E-state index contributed by atoms with van der Waals surface area (Å²) in [4.78, 5) is 44.9. The lowest BCUT2D eigenvalue weighted by Crippen LogP contribution is -2.49. The van der Waals surface area contributed by atoms with Crippen molar-refractivity contribution in [3.63, 3.8) is 0 Å². The molecule has 0 aliphatic heterocycles. The highest BCUT2D eigenvalue weighted by atomic mass is 16.5. The summed E-state index contributed by atoms with van der Waals surface area (Å²) in [5, 5.41) is 38.0. The number of nitrogens with one attached hydrogen (secondary N) is 3. The highest BCUT2D eigenvalue weighted by molar-refractivity contribution is 6.15. The average Bonchev–Trinajstić information content (AvgIpc) is 3.66. The Kier molecular flexibility index (Phi) is 9.03. The number of anilines is 3. The van der Waals surface area contributed by atoms with Crippen LogP contribution in [0.25, 0.3) is 11.5 Å². The highest BCUT2D eigenvalue weighted by Crippen LogP contribution is 2.38. The zero-order valence-corrected chi connectivity index (χ0v) is 23.4. The number of para-hydroxylation sites is 1. The van der Waals surface area contributed by atoms with Crippen LogP contribution in [-0.4, -0.2) is 107 Å². The van der Waals surface area contributed by atoms with E-state index in [-0.39, 0.29) is 65.5 Å². The average molecular weight is 579 g/mol. The third-order valence-electron chi connectivity index (χ3n) is 5.95. The molecule has 0 atom stereocenters. The fourth-order valence-electron chi connectivity index (χ4n) is 3.80. The van der Waals surface area contributed by atoms with Gasteiger partial charge in [0.05, 0.1) is 37.1 Å². The normalized spacial score (nSPS) is 13.0. The van der Waals surface area contributed by atoms with Gasteiger partial charge in [-0.2, -0.15) is 4.98 Å². The van der Waals surface area contributed by atoms with Gasteiger partial charge < -0.3 is 45.2 Å². The van der Waals surface area contributed by atoms with Gasteiger partial charge in [-0.15, -0.1) is 10.2 Å². The van der Waals surface area contributed by atoms with E-state index in [4.69, 9.17) is 17.1 Å². The van der Waals surface area contributed by atoms with Crippen LogP contribution in [-0.2, 0) is 16.1 Å². The molecule has 5 N–H and O–H groups in total. The van der Waals surface area contributed by atoms with Gasteiger partial charge in [-0.05, 0) is 39.1 Å². The van der Waals surface area contributed by atoms with Crippen molar-refractivity contribution in [3.05, 3.63) is 35.8 Å². The zero-order valence-electron chi connectivity index (χ0n) is 23.4. The number of benzene rings is 1. The lowest BCUT2D eigenvalue weighted by Gasteiger charge is -2.20. The third-order valence-corrected chi connectivity index (χ3v) is 5.95. The number of rotatable bonds is 12. The maximum atomic E-state index is 12.7. The number of methoxy groups -OCH3 is 1. The molecule has 42 heavy (non-hydrogen) atoms.